The zero-order valence-corrected chi connectivity index (χ0v) is 11.1. The minimum atomic E-state index is -0.377. The Morgan fingerprint density at radius 3 is 2.84 bits per heavy atom. The summed E-state index contributed by atoms with van der Waals surface area (Å²) in [5.74, 6) is 0.331. The van der Waals surface area contributed by atoms with Gasteiger partial charge >= 0.3 is 0 Å². The number of benzene rings is 1. The van der Waals surface area contributed by atoms with E-state index in [9.17, 15) is 9.50 Å². The van der Waals surface area contributed by atoms with Crippen LogP contribution in [0.1, 0.15) is 24.8 Å². The van der Waals surface area contributed by atoms with Crippen molar-refractivity contribution in [1.29, 1.82) is 0 Å². The highest BCUT2D eigenvalue weighted by Gasteiger charge is 2.33. The van der Waals surface area contributed by atoms with Gasteiger partial charge in [0.15, 0.2) is 0 Å². The first-order chi connectivity index (χ1) is 9.20. The van der Waals surface area contributed by atoms with Gasteiger partial charge in [-0.05, 0) is 56.0 Å². The summed E-state index contributed by atoms with van der Waals surface area (Å²) in [5.41, 5.74) is 0.801. The number of phenolic OH excluding ortho intramolecular Hbond substituents is 1. The van der Waals surface area contributed by atoms with Gasteiger partial charge in [0, 0.05) is 25.2 Å². The molecule has 1 aromatic carbocycles. The van der Waals surface area contributed by atoms with E-state index >= 15 is 0 Å². The normalized spacial score (nSPS) is 23.9. The minimum absolute atomic E-state index is 0.00225. The molecule has 0 spiro atoms. The Morgan fingerprint density at radius 2 is 2.11 bits per heavy atom. The average molecular weight is 264 g/mol. The zero-order valence-electron chi connectivity index (χ0n) is 11.1. The highest BCUT2D eigenvalue weighted by Crippen LogP contribution is 2.31. The van der Waals surface area contributed by atoms with Crippen LogP contribution in [0, 0.1) is 11.7 Å². The summed E-state index contributed by atoms with van der Waals surface area (Å²) in [6.45, 7) is 4.02. The minimum Gasteiger partial charge on any atom is -0.508 e. The standard InChI is InChI=1S/C15H21FN2O/c16-13-5-12(6-15(19)7-13)9-17-8-11-3-4-18(10-11)14-1-2-14/h5-7,11,14,17,19H,1-4,8-10H2. The average Bonchev–Trinajstić information content (AvgIpc) is 3.09. The predicted molar refractivity (Wildman–Crippen MR) is 72.5 cm³/mol. The molecule has 1 heterocycles. The largest absolute Gasteiger partial charge is 0.508 e. The molecule has 3 rings (SSSR count). The molecule has 1 saturated heterocycles. The molecule has 4 heteroatoms. The maximum atomic E-state index is 13.1. The third kappa shape index (κ3) is 3.45. The van der Waals surface area contributed by atoms with Crippen LogP contribution in [-0.2, 0) is 6.54 Å². The molecule has 104 valence electrons. The fourth-order valence-electron chi connectivity index (χ4n) is 2.96. The fraction of sp³-hybridized carbons (Fsp3) is 0.600. The molecule has 1 aromatic rings. The van der Waals surface area contributed by atoms with Gasteiger partial charge in [0.25, 0.3) is 0 Å². The lowest BCUT2D eigenvalue weighted by atomic mass is 10.1. The summed E-state index contributed by atoms with van der Waals surface area (Å²) in [5, 5.41) is 12.7. The van der Waals surface area contributed by atoms with Crippen molar-refractivity contribution in [2.75, 3.05) is 19.6 Å². The van der Waals surface area contributed by atoms with Crippen LogP contribution in [0.3, 0.4) is 0 Å². The first-order valence-electron chi connectivity index (χ1n) is 7.14. The van der Waals surface area contributed by atoms with Crippen molar-refractivity contribution in [1.82, 2.24) is 10.2 Å². The van der Waals surface area contributed by atoms with Crippen LogP contribution >= 0.6 is 0 Å². The van der Waals surface area contributed by atoms with Crippen LogP contribution in [0.4, 0.5) is 4.39 Å². The Labute approximate surface area is 113 Å². The number of hydrogen-bond acceptors (Lipinski definition) is 3. The molecule has 1 unspecified atom stereocenters. The van der Waals surface area contributed by atoms with E-state index in [1.807, 2.05) is 0 Å². The molecule has 0 bridgehead atoms. The van der Waals surface area contributed by atoms with E-state index in [0.29, 0.717) is 12.5 Å². The van der Waals surface area contributed by atoms with Crippen molar-refractivity contribution in [3.05, 3.63) is 29.6 Å². The van der Waals surface area contributed by atoms with E-state index in [1.54, 1.807) is 6.07 Å². The second kappa shape index (κ2) is 5.47. The van der Waals surface area contributed by atoms with Gasteiger partial charge in [0.1, 0.15) is 11.6 Å². The summed E-state index contributed by atoms with van der Waals surface area (Å²) in [6.07, 6.45) is 4.02. The zero-order chi connectivity index (χ0) is 13.2. The third-order valence-corrected chi connectivity index (χ3v) is 4.09. The Bertz CT molecular complexity index is 428. The van der Waals surface area contributed by atoms with Crippen molar-refractivity contribution in [3.63, 3.8) is 0 Å². The number of phenols is 1. The Kier molecular flexibility index (Phi) is 3.71. The van der Waals surface area contributed by atoms with Crippen LogP contribution in [0.5, 0.6) is 5.75 Å². The monoisotopic (exact) mass is 264 g/mol. The van der Waals surface area contributed by atoms with Crippen molar-refractivity contribution >= 4 is 0 Å². The number of hydrogen-bond donors (Lipinski definition) is 2. The molecule has 2 aliphatic rings. The first-order valence-corrected chi connectivity index (χ1v) is 7.14. The molecule has 1 atom stereocenters. The SMILES string of the molecule is Oc1cc(F)cc(CNCC2CCN(C3CC3)C2)c1. The lowest BCUT2D eigenvalue weighted by Gasteiger charge is -2.15. The first kappa shape index (κ1) is 12.9. The smallest absolute Gasteiger partial charge is 0.127 e. The summed E-state index contributed by atoms with van der Waals surface area (Å²) in [6, 6.07) is 5.08. The van der Waals surface area contributed by atoms with E-state index in [-0.39, 0.29) is 11.6 Å². The van der Waals surface area contributed by atoms with Gasteiger partial charge in [-0.25, -0.2) is 4.39 Å². The second-order valence-corrected chi connectivity index (χ2v) is 5.83. The van der Waals surface area contributed by atoms with E-state index in [0.717, 1.165) is 24.2 Å². The molecule has 19 heavy (non-hydrogen) atoms. The van der Waals surface area contributed by atoms with Crippen LogP contribution in [0.15, 0.2) is 18.2 Å². The summed E-state index contributed by atoms with van der Waals surface area (Å²) in [7, 11) is 0. The molecule has 3 nitrogen and oxygen atoms in total. The van der Waals surface area contributed by atoms with Gasteiger partial charge in [0.2, 0.25) is 0 Å². The number of rotatable bonds is 5. The maximum absolute atomic E-state index is 13.1. The van der Waals surface area contributed by atoms with E-state index in [4.69, 9.17) is 0 Å². The third-order valence-electron chi connectivity index (χ3n) is 4.09. The molecule has 2 N–H and O–H groups in total. The predicted octanol–water partition coefficient (Wildman–Crippen LogP) is 2.11. The molecule has 2 fully saturated rings. The van der Waals surface area contributed by atoms with Gasteiger partial charge in [-0.1, -0.05) is 0 Å². The summed E-state index contributed by atoms with van der Waals surface area (Å²) in [4.78, 5) is 2.60. The quantitative estimate of drug-likeness (QED) is 0.855. The molecule has 1 aliphatic carbocycles. The number of halogens is 1. The van der Waals surface area contributed by atoms with Crippen molar-refractivity contribution < 1.29 is 9.50 Å². The second-order valence-electron chi connectivity index (χ2n) is 5.83. The van der Waals surface area contributed by atoms with Crippen LogP contribution in [0.2, 0.25) is 0 Å². The van der Waals surface area contributed by atoms with E-state index < -0.39 is 0 Å². The van der Waals surface area contributed by atoms with Gasteiger partial charge in [-0.15, -0.1) is 0 Å². The van der Waals surface area contributed by atoms with Crippen LogP contribution < -0.4 is 5.32 Å². The van der Waals surface area contributed by atoms with Crippen molar-refractivity contribution in [3.8, 4) is 5.75 Å². The molecule has 0 aromatic heterocycles. The Balaban J connectivity index is 1.43. The van der Waals surface area contributed by atoms with Gasteiger partial charge in [-0.2, -0.15) is 0 Å². The van der Waals surface area contributed by atoms with Gasteiger partial charge in [-0.3, -0.25) is 0 Å². The molecular formula is C15H21FN2O. The lowest BCUT2D eigenvalue weighted by Crippen LogP contribution is -2.27. The van der Waals surface area contributed by atoms with Crippen molar-refractivity contribution in [2.24, 2.45) is 5.92 Å². The topological polar surface area (TPSA) is 35.5 Å². The molecule has 1 aliphatic heterocycles. The highest BCUT2D eigenvalue weighted by molar-refractivity contribution is 5.28. The van der Waals surface area contributed by atoms with Crippen molar-refractivity contribution in [2.45, 2.75) is 31.8 Å². The van der Waals surface area contributed by atoms with Gasteiger partial charge in [0.05, 0.1) is 0 Å². The number of aromatic hydroxyl groups is 1. The van der Waals surface area contributed by atoms with E-state index in [2.05, 4.69) is 10.2 Å². The fourth-order valence-corrected chi connectivity index (χ4v) is 2.96. The number of nitrogens with one attached hydrogen (secondary N) is 1. The van der Waals surface area contributed by atoms with Crippen LogP contribution in [-0.4, -0.2) is 35.7 Å². The summed E-state index contributed by atoms with van der Waals surface area (Å²) >= 11 is 0. The Hall–Kier alpha value is -1.13. The molecule has 0 amide bonds. The molecule has 1 saturated carbocycles. The maximum Gasteiger partial charge on any atom is 0.127 e. The highest BCUT2D eigenvalue weighted by atomic mass is 19.1. The Morgan fingerprint density at radius 1 is 1.26 bits per heavy atom. The molecular weight excluding hydrogens is 243 g/mol. The number of nitrogens with zero attached hydrogens (tertiary/aromatic N) is 1. The number of likely N-dealkylation sites (tertiary alicyclic amines) is 1. The summed E-state index contributed by atoms with van der Waals surface area (Å²) < 4.78 is 13.1. The molecule has 0 radical (unpaired) electrons. The van der Waals surface area contributed by atoms with E-state index in [1.165, 1.54) is 38.4 Å². The van der Waals surface area contributed by atoms with Gasteiger partial charge < -0.3 is 15.3 Å². The lowest BCUT2D eigenvalue weighted by molar-refractivity contribution is 0.312. The van der Waals surface area contributed by atoms with Crippen LogP contribution in [0.25, 0.3) is 0 Å².